The zero-order valence-corrected chi connectivity index (χ0v) is 15.1. The van der Waals surface area contributed by atoms with E-state index in [0.717, 1.165) is 37.2 Å². The van der Waals surface area contributed by atoms with E-state index in [1.807, 2.05) is 24.3 Å². The lowest BCUT2D eigenvalue weighted by molar-refractivity contribution is -0.128. The van der Waals surface area contributed by atoms with E-state index < -0.39 is 0 Å². The molecule has 0 bridgehead atoms. The van der Waals surface area contributed by atoms with Crippen LogP contribution in [0.1, 0.15) is 46.1 Å². The lowest BCUT2D eigenvalue weighted by atomic mass is 9.86. The molecule has 0 aliphatic carbocycles. The fourth-order valence-electron chi connectivity index (χ4n) is 2.94. The Kier molecular flexibility index (Phi) is 5.66. The molecule has 0 radical (unpaired) electrons. The summed E-state index contributed by atoms with van der Waals surface area (Å²) in [7, 11) is 0. The Hall–Kier alpha value is -2.28. The number of para-hydroxylation sites is 1. The Morgan fingerprint density at radius 2 is 1.92 bits per heavy atom. The Balaban J connectivity index is 2.15. The molecule has 1 saturated heterocycles. The van der Waals surface area contributed by atoms with E-state index >= 15 is 0 Å². The van der Waals surface area contributed by atoms with Gasteiger partial charge in [0.25, 0.3) is 5.91 Å². The van der Waals surface area contributed by atoms with Gasteiger partial charge in [0, 0.05) is 25.0 Å². The third kappa shape index (κ3) is 4.38. The number of likely N-dealkylation sites (tertiary alicyclic amines) is 1. The Morgan fingerprint density at radius 1 is 1.29 bits per heavy atom. The van der Waals surface area contributed by atoms with Gasteiger partial charge in [0.2, 0.25) is 0 Å². The average Bonchev–Trinajstić information content (AvgIpc) is 2.55. The van der Waals surface area contributed by atoms with E-state index in [-0.39, 0.29) is 16.9 Å². The van der Waals surface area contributed by atoms with Crippen LogP contribution in [0.15, 0.2) is 36.0 Å². The summed E-state index contributed by atoms with van der Waals surface area (Å²) in [4.78, 5) is 14.3. The van der Waals surface area contributed by atoms with Gasteiger partial charge in [0.1, 0.15) is 11.6 Å². The van der Waals surface area contributed by atoms with E-state index in [2.05, 4.69) is 39.1 Å². The third-order valence-corrected chi connectivity index (χ3v) is 4.53. The molecule has 0 spiro atoms. The molecule has 0 saturated carbocycles. The van der Waals surface area contributed by atoms with Crippen molar-refractivity contribution in [1.82, 2.24) is 4.90 Å². The number of hydrogen-bond acceptors (Lipinski definition) is 3. The number of amides is 1. The van der Waals surface area contributed by atoms with Crippen molar-refractivity contribution in [3.05, 3.63) is 41.6 Å². The number of nitrogens with zero attached hydrogens (tertiary/aromatic N) is 2. The number of carbonyl (C=O) groups is 1. The van der Waals surface area contributed by atoms with Crippen molar-refractivity contribution in [1.29, 1.82) is 5.26 Å². The smallest absolute Gasteiger partial charge is 0.266 e. The van der Waals surface area contributed by atoms with Gasteiger partial charge >= 0.3 is 0 Å². The summed E-state index contributed by atoms with van der Waals surface area (Å²) in [5, 5.41) is 12.5. The normalized spacial score (nSPS) is 16.6. The summed E-state index contributed by atoms with van der Waals surface area (Å²) in [6.45, 7) is 10.1. The van der Waals surface area contributed by atoms with Crippen LogP contribution >= 0.6 is 0 Å². The molecule has 1 aliphatic rings. The van der Waals surface area contributed by atoms with Gasteiger partial charge in [0.15, 0.2) is 0 Å². The molecule has 1 aliphatic heterocycles. The van der Waals surface area contributed by atoms with Crippen molar-refractivity contribution in [3.8, 4) is 6.07 Å². The first-order valence-corrected chi connectivity index (χ1v) is 8.58. The summed E-state index contributed by atoms with van der Waals surface area (Å²) in [6, 6.07) is 10.0. The molecular weight excluding hydrogens is 298 g/mol. The van der Waals surface area contributed by atoms with Gasteiger partial charge < -0.3 is 10.2 Å². The molecule has 4 nitrogen and oxygen atoms in total. The first-order chi connectivity index (χ1) is 11.3. The predicted molar refractivity (Wildman–Crippen MR) is 97.4 cm³/mol. The third-order valence-electron chi connectivity index (χ3n) is 4.53. The van der Waals surface area contributed by atoms with Crippen molar-refractivity contribution >= 4 is 11.6 Å². The van der Waals surface area contributed by atoms with Crippen LogP contribution < -0.4 is 5.32 Å². The van der Waals surface area contributed by atoms with Crippen molar-refractivity contribution < 1.29 is 4.79 Å². The van der Waals surface area contributed by atoms with Crippen LogP contribution in [0.25, 0.3) is 0 Å². The number of nitriles is 1. The summed E-state index contributed by atoms with van der Waals surface area (Å²) in [5.41, 5.74) is 2.22. The Bertz CT molecular complexity index is 656. The minimum absolute atomic E-state index is 0.0166. The van der Waals surface area contributed by atoms with Crippen LogP contribution in [0.2, 0.25) is 0 Å². The summed E-state index contributed by atoms with van der Waals surface area (Å²) in [5.74, 6) is 0.477. The SMILES string of the molecule is CC1CCN(C(=O)/C(C#N)=C\Nc2ccccc2C(C)(C)C)CC1. The highest BCUT2D eigenvalue weighted by Gasteiger charge is 2.23. The van der Waals surface area contributed by atoms with Crippen molar-refractivity contribution in [2.45, 2.75) is 46.0 Å². The maximum absolute atomic E-state index is 12.5. The van der Waals surface area contributed by atoms with Gasteiger partial charge in [-0.15, -0.1) is 0 Å². The summed E-state index contributed by atoms with van der Waals surface area (Å²) in [6.07, 6.45) is 3.56. The molecule has 0 aromatic heterocycles. The molecule has 1 heterocycles. The first kappa shape index (κ1) is 18.1. The van der Waals surface area contributed by atoms with Gasteiger partial charge in [-0.2, -0.15) is 5.26 Å². The lowest BCUT2D eigenvalue weighted by Crippen LogP contribution is -2.38. The van der Waals surface area contributed by atoms with Gasteiger partial charge in [-0.3, -0.25) is 4.79 Å². The molecular formula is C20H27N3O. The zero-order chi connectivity index (χ0) is 17.7. The standard InChI is InChI=1S/C20H27N3O/c1-15-9-11-23(12-10-15)19(24)16(13-21)14-22-18-8-6-5-7-17(18)20(2,3)4/h5-8,14-15,22H,9-12H2,1-4H3/b16-14-. The predicted octanol–water partition coefficient (Wildman–Crippen LogP) is 4.06. The van der Waals surface area contributed by atoms with Crippen molar-refractivity contribution in [3.63, 3.8) is 0 Å². The van der Waals surface area contributed by atoms with Gasteiger partial charge in [0.05, 0.1) is 0 Å². The van der Waals surface area contributed by atoms with Gasteiger partial charge in [-0.05, 0) is 35.8 Å². The number of hydrogen-bond donors (Lipinski definition) is 1. The Morgan fingerprint density at radius 3 is 2.50 bits per heavy atom. The van der Waals surface area contributed by atoms with E-state index in [9.17, 15) is 10.1 Å². The average molecular weight is 325 g/mol. The number of anilines is 1. The van der Waals surface area contributed by atoms with Gasteiger partial charge in [-0.1, -0.05) is 45.9 Å². The highest BCUT2D eigenvalue weighted by atomic mass is 16.2. The molecule has 24 heavy (non-hydrogen) atoms. The molecule has 1 N–H and O–H groups in total. The van der Waals surface area contributed by atoms with Crippen LogP contribution in [0, 0.1) is 17.2 Å². The fourth-order valence-corrected chi connectivity index (χ4v) is 2.94. The lowest BCUT2D eigenvalue weighted by Gasteiger charge is -2.30. The minimum atomic E-state index is -0.176. The Labute approximate surface area is 145 Å². The number of benzene rings is 1. The number of carbonyl (C=O) groups excluding carboxylic acids is 1. The summed E-state index contributed by atoms with van der Waals surface area (Å²) < 4.78 is 0. The fraction of sp³-hybridized carbons (Fsp3) is 0.500. The van der Waals surface area contributed by atoms with E-state index in [1.54, 1.807) is 11.1 Å². The molecule has 0 atom stereocenters. The highest BCUT2D eigenvalue weighted by molar-refractivity contribution is 5.97. The van der Waals surface area contributed by atoms with Crippen LogP contribution in [0.5, 0.6) is 0 Å². The molecule has 1 fully saturated rings. The number of nitrogens with one attached hydrogen (secondary N) is 1. The second-order valence-electron chi connectivity index (χ2n) is 7.58. The van der Waals surface area contributed by atoms with E-state index in [1.165, 1.54) is 0 Å². The summed E-state index contributed by atoms with van der Waals surface area (Å²) >= 11 is 0. The molecule has 1 aromatic carbocycles. The first-order valence-electron chi connectivity index (χ1n) is 8.58. The molecule has 0 unspecified atom stereocenters. The number of rotatable bonds is 3. The van der Waals surface area contributed by atoms with Crippen LogP contribution in [-0.2, 0) is 10.2 Å². The zero-order valence-electron chi connectivity index (χ0n) is 15.1. The second-order valence-corrected chi connectivity index (χ2v) is 7.58. The number of piperidine rings is 1. The van der Waals surface area contributed by atoms with Gasteiger partial charge in [-0.25, -0.2) is 0 Å². The van der Waals surface area contributed by atoms with Crippen LogP contribution in [0.3, 0.4) is 0 Å². The second kappa shape index (κ2) is 7.53. The minimum Gasteiger partial charge on any atom is -0.360 e. The van der Waals surface area contributed by atoms with E-state index in [4.69, 9.17) is 0 Å². The molecule has 2 rings (SSSR count). The maximum atomic E-state index is 12.5. The maximum Gasteiger partial charge on any atom is 0.266 e. The van der Waals surface area contributed by atoms with Crippen molar-refractivity contribution in [2.75, 3.05) is 18.4 Å². The molecule has 1 aromatic rings. The van der Waals surface area contributed by atoms with Crippen LogP contribution in [-0.4, -0.2) is 23.9 Å². The quantitative estimate of drug-likeness (QED) is 0.673. The van der Waals surface area contributed by atoms with E-state index in [0.29, 0.717) is 5.92 Å². The van der Waals surface area contributed by atoms with Crippen molar-refractivity contribution in [2.24, 2.45) is 5.92 Å². The monoisotopic (exact) mass is 325 g/mol. The molecule has 128 valence electrons. The molecule has 1 amide bonds. The van der Waals surface area contributed by atoms with Crippen LogP contribution in [0.4, 0.5) is 5.69 Å². The molecule has 4 heteroatoms. The topological polar surface area (TPSA) is 56.1 Å². The largest absolute Gasteiger partial charge is 0.360 e. The highest BCUT2D eigenvalue weighted by Crippen LogP contribution is 2.29.